The quantitative estimate of drug-likeness (QED) is 0.255. The van der Waals surface area contributed by atoms with Crippen LogP contribution in [0, 0.1) is 11.6 Å². The van der Waals surface area contributed by atoms with E-state index in [4.69, 9.17) is 21.1 Å². The van der Waals surface area contributed by atoms with Crippen LogP contribution < -0.4 is 20.1 Å². The molecule has 14 heteroatoms. The molecule has 1 atom stereocenters. The molecular formula is C27H16ClF5N4O4. The molecule has 5 rings (SSSR count). The van der Waals surface area contributed by atoms with E-state index in [0.717, 1.165) is 12.1 Å². The Morgan fingerprint density at radius 2 is 1.71 bits per heavy atom. The third-order valence-corrected chi connectivity index (χ3v) is 6.36. The van der Waals surface area contributed by atoms with Gasteiger partial charge in [0, 0.05) is 39.9 Å². The number of nitrogens with zero attached hydrogens (tertiary/aromatic N) is 2. The van der Waals surface area contributed by atoms with Crippen LogP contribution in [-0.2, 0) is 6.18 Å². The summed E-state index contributed by atoms with van der Waals surface area (Å²) in [4.78, 5) is 26.1. The minimum absolute atomic E-state index is 0.0141. The van der Waals surface area contributed by atoms with Crippen molar-refractivity contribution in [2.45, 2.75) is 12.2 Å². The largest absolute Gasteiger partial charge is 0.480 e. The van der Waals surface area contributed by atoms with E-state index in [-0.39, 0.29) is 51.0 Å². The third kappa shape index (κ3) is 5.75. The number of fused-ring (bicyclic) bond motifs is 1. The summed E-state index contributed by atoms with van der Waals surface area (Å²) in [6.45, 7) is 0. The highest BCUT2D eigenvalue weighted by molar-refractivity contribution is 6.31. The lowest BCUT2D eigenvalue weighted by molar-refractivity contribution is -0.137. The van der Waals surface area contributed by atoms with Crippen molar-refractivity contribution >= 4 is 29.1 Å². The van der Waals surface area contributed by atoms with E-state index < -0.39 is 46.8 Å². The Bertz CT molecular complexity index is 1680. The fraction of sp³-hybridized carbons (Fsp3) is 0.111. The Morgan fingerprint density at radius 3 is 2.39 bits per heavy atom. The lowest BCUT2D eigenvalue weighted by Crippen LogP contribution is -2.21. The molecule has 1 unspecified atom stereocenters. The molecule has 2 N–H and O–H groups in total. The maximum Gasteiger partial charge on any atom is 0.416 e. The van der Waals surface area contributed by atoms with Gasteiger partial charge in [0.2, 0.25) is 11.8 Å². The van der Waals surface area contributed by atoms with Gasteiger partial charge in [-0.05, 0) is 42.5 Å². The van der Waals surface area contributed by atoms with Gasteiger partial charge in [-0.25, -0.2) is 8.78 Å². The molecular weight excluding hydrogens is 575 g/mol. The molecule has 2 amide bonds. The van der Waals surface area contributed by atoms with Gasteiger partial charge in [-0.3, -0.25) is 9.59 Å². The van der Waals surface area contributed by atoms with E-state index >= 15 is 0 Å². The summed E-state index contributed by atoms with van der Waals surface area (Å²) in [6, 6.07) is 9.24. The van der Waals surface area contributed by atoms with Crippen LogP contribution >= 0.6 is 11.6 Å². The molecule has 4 aromatic rings. The molecule has 3 aromatic carbocycles. The first-order chi connectivity index (χ1) is 19.4. The highest BCUT2D eigenvalue weighted by Gasteiger charge is 2.36. The van der Waals surface area contributed by atoms with E-state index in [2.05, 4.69) is 20.8 Å². The zero-order valence-corrected chi connectivity index (χ0v) is 21.4. The third-order valence-electron chi connectivity index (χ3n) is 6.01. The molecule has 41 heavy (non-hydrogen) atoms. The van der Waals surface area contributed by atoms with Crippen LogP contribution in [0.4, 0.5) is 27.6 Å². The van der Waals surface area contributed by atoms with Crippen molar-refractivity contribution in [2.24, 2.45) is 0 Å². The molecule has 0 spiro atoms. The maximum absolute atomic E-state index is 14.1. The molecule has 0 aliphatic carbocycles. The van der Waals surface area contributed by atoms with Crippen molar-refractivity contribution in [3.05, 3.63) is 105 Å². The van der Waals surface area contributed by atoms with Gasteiger partial charge in [0.1, 0.15) is 17.4 Å². The van der Waals surface area contributed by atoms with E-state index in [1.54, 1.807) is 0 Å². The van der Waals surface area contributed by atoms with E-state index in [0.29, 0.717) is 12.1 Å². The van der Waals surface area contributed by atoms with Gasteiger partial charge < -0.3 is 20.1 Å². The fourth-order valence-electron chi connectivity index (χ4n) is 4.21. The maximum atomic E-state index is 14.1. The number of nitrogens with one attached hydrogen (secondary N) is 2. The Balaban J connectivity index is 1.60. The minimum Gasteiger partial charge on any atom is -0.480 e. The molecule has 1 aromatic heterocycles. The molecule has 0 fully saturated rings. The normalized spacial score (nSPS) is 14.3. The molecule has 8 nitrogen and oxygen atoms in total. The first-order valence-electron chi connectivity index (χ1n) is 11.6. The molecule has 0 saturated carbocycles. The Hall–Kier alpha value is -4.78. The first kappa shape index (κ1) is 27.8. The van der Waals surface area contributed by atoms with Crippen LogP contribution in [0.25, 0.3) is 0 Å². The van der Waals surface area contributed by atoms with Crippen LogP contribution in [-0.4, -0.2) is 29.1 Å². The topological polar surface area (TPSA) is 102 Å². The molecule has 0 saturated heterocycles. The van der Waals surface area contributed by atoms with Gasteiger partial charge in [-0.15, -0.1) is 10.2 Å². The molecule has 1 aliphatic rings. The van der Waals surface area contributed by atoms with Crippen LogP contribution in [0.1, 0.15) is 43.4 Å². The van der Waals surface area contributed by atoms with Crippen molar-refractivity contribution in [1.29, 1.82) is 0 Å². The average molecular weight is 591 g/mol. The lowest BCUT2D eigenvalue weighted by Gasteiger charge is -2.19. The second-order valence-corrected chi connectivity index (χ2v) is 9.11. The van der Waals surface area contributed by atoms with Crippen LogP contribution in [0.15, 0.2) is 60.7 Å². The highest BCUT2D eigenvalue weighted by atomic mass is 35.5. The Morgan fingerprint density at radius 1 is 0.976 bits per heavy atom. The number of carbonyl (C=O) groups excluding carboxylic acids is 2. The van der Waals surface area contributed by atoms with Crippen LogP contribution in [0.5, 0.6) is 17.5 Å². The summed E-state index contributed by atoms with van der Waals surface area (Å²) in [7, 11) is 1.39. The van der Waals surface area contributed by atoms with Gasteiger partial charge in [0.05, 0.1) is 30.0 Å². The predicted molar refractivity (Wildman–Crippen MR) is 135 cm³/mol. The number of rotatable bonds is 6. The number of ether oxygens (including phenoxy) is 2. The van der Waals surface area contributed by atoms with Gasteiger partial charge in [-0.2, -0.15) is 13.2 Å². The zero-order valence-electron chi connectivity index (χ0n) is 20.6. The van der Waals surface area contributed by atoms with E-state index in [1.807, 2.05) is 0 Å². The lowest BCUT2D eigenvalue weighted by atomic mass is 9.95. The molecule has 2 heterocycles. The number of aromatic nitrogens is 2. The summed E-state index contributed by atoms with van der Waals surface area (Å²) in [5.74, 6) is -3.55. The van der Waals surface area contributed by atoms with E-state index in [1.165, 1.54) is 37.4 Å². The number of carbonyl (C=O) groups is 2. The number of methoxy groups -OCH3 is 1. The minimum atomic E-state index is -4.92. The van der Waals surface area contributed by atoms with Crippen molar-refractivity contribution in [2.75, 3.05) is 12.4 Å². The smallest absolute Gasteiger partial charge is 0.416 e. The molecule has 210 valence electrons. The second kappa shape index (κ2) is 10.7. The number of anilines is 1. The van der Waals surface area contributed by atoms with Crippen molar-refractivity contribution in [3.63, 3.8) is 0 Å². The highest BCUT2D eigenvalue weighted by Crippen LogP contribution is 2.42. The van der Waals surface area contributed by atoms with Crippen molar-refractivity contribution in [3.8, 4) is 17.5 Å². The monoisotopic (exact) mass is 590 g/mol. The number of halogens is 6. The summed E-state index contributed by atoms with van der Waals surface area (Å²) >= 11 is 6.28. The van der Waals surface area contributed by atoms with Gasteiger partial charge in [-0.1, -0.05) is 11.6 Å². The Labute approximate surface area is 233 Å². The zero-order chi connectivity index (χ0) is 29.5. The summed E-state index contributed by atoms with van der Waals surface area (Å²) < 4.78 is 78.6. The summed E-state index contributed by atoms with van der Waals surface area (Å²) in [6.07, 6.45) is -4.92. The standard InChI is InChI=1S/C27H16ClF5N4O4/c1-40-21-4-5-22(37-36-21)41-16-10-18-23(24(35-26(18)39)17-9-14(29)2-3-19(17)28)20(11-16)34-25(38)12-6-13(27(31,32)33)8-15(30)7-12/h2-11,24H,1H3,(H,34,38)(H,35,39). The van der Waals surface area contributed by atoms with Gasteiger partial charge in [0.15, 0.2) is 0 Å². The number of alkyl halides is 3. The molecule has 1 aliphatic heterocycles. The van der Waals surface area contributed by atoms with E-state index in [9.17, 15) is 31.5 Å². The fourth-order valence-corrected chi connectivity index (χ4v) is 4.44. The van der Waals surface area contributed by atoms with Crippen LogP contribution in [0.3, 0.4) is 0 Å². The van der Waals surface area contributed by atoms with Crippen molar-refractivity contribution < 1.29 is 41.0 Å². The van der Waals surface area contributed by atoms with Crippen LogP contribution in [0.2, 0.25) is 5.02 Å². The number of benzene rings is 3. The van der Waals surface area contributed by atoms with Gasteiger partial charge >= 0.3 is 6.18 Å². The first-order valence-corrected chi connectivity index (χ1v) is 12.0. The second-order valence-electron chi connectivity index (χ2n) is 8.70. The van der Waals surface area contributed by atoms with Gasteiger partial charge in [0.25, 0.3) is 11.8 Å². The number of amides is 2. The number of hydrogen-bond donors (Lipinski definition) is 2. The SMILES string of the molecule is COc1ccc(Oc2cc(NC(=O)c3cc(F)cc(C(F)(F)F)c3)c3c(c2)C(=O)NC3c2cc(F)ccc2Cl)nn1. The average Bonchev–Trinajstić information content (AvgIpc) is 3.25. The predicted octanol–water partition coefficient (Wildman–Crippen LogP) is 6.31. The Kier molecular flexibility index (Phi) is 7.22. The molecule has 0 bridgehead atoms. The summed E-state index contributed by atoms with van der Waals surface area (Å²) in [5, 5.41) is 12.8. The number of hydrogen-bond acceptors (Lipinski definition) is 6. The van der Waals surface area contributed by atoms with Crippen molar-refractivity contribution in [1.82, 2.24) is 15.5 Å². The molecule has 0 radical (unpaired) electrons. The summed E-state index contributed by atoms with van der Waals surface area (Å²) in [5.41, 5.74) is -1.86.